The first-order valence-corrected chi connectivity index (χ1v) is 13.3. The van der Waals surface area contributed by atoms with Gasteiger partial charge in [-0.05, 0) is 43.5 Å². The lowest BCUT2D eigenvalue weighted by Gasteiger charge is -2.22. The van der Waals surface area contributed by atoms with E-state index in [1.54, 1.807) is 58.2 Å². The van der Waals surface area contributed by atoms with Crippen molar-refractivity contribution in [2.75, 3.05) is 6.61 Å². The van der Waals surface area contributed by atoms with E-state index in [0.717, 1.165) is 12.8 Å². The highest BCUT2D eigenvalue weighted by molar-refractivity contribution is 6.14. The number of benzene rings is 2. The van der Waals surface area contributed by atoms with Crippen LogP contribution in [0.5, 0.6) is 5.75 Å². The van der Waals surface area contributed by atoms with E-state index in [4.69, 9.17) is 4.74 Å². The van der Waals surface area contributed by atoms with Crippen LogP contribution in [-0.4, -0.2) is 32.7 Å². The van der Waals surface area contributed by atoms with Crippen molar-refractivity contribution < 1.29 is 31.6 Å². The van der Waals surface area contributed by atoms with E-state index in [9.17, 15) is 18.0 Å². The summed E-state index contributed by atoms with van der Waals surface area (Å²) in [5.74, 6) is -1.12. The van der Waals surface area contributed by atoms with Crippen LogP contribution in [-0.2, 0) is 4.74 Å². The van der Waals surface area contributed by atoms with Crippen molar-refractivity contribution in [1.82, 2.24) is 19.7 Å². The zero-order chi connectivity index (χ0) is 29.0. The van der Waals surface area contributed by atoms with E-state index in [2.05, 4.69) is 19.8 Å². The number of aromatic amines is 1. The predicted octanol–water partition coefficient (Wildman–Crippen LogP) is 6.11. The van der Waals surface area contributed by atoms with Gasteiger partial charge in [0.25, 0.3) is 5.69 Å². The van der Waals surface area contributed by atoms with Crippen molar-refractivity contribution in [2.45, 2.75) is 31.9 Å². The fraction of sp³-hybridized carbons (Fsp3) is 0.200. The minimum Gasteiger partial charge on any atom is -0.403 e. The monoisotopic (exact) mass is 576 g/mol. The highest BCUT2D eigenvalue weighted by Gasteiger charge is 2.34. The van der Waals surface area contributed by atoms with Gasteiger partial charge in [-0.3, -0.25) is 9.78 Å². The number of aromatic nitrogens is 5. The summed E-state index contributed by atoms with van der Waals surface area (Å²) in [5, 5.41) is 5.35. The Kier molecular flexibility index (Phi) is 6.15. The fourth-order valence-corrected chi connectivity index (χ4v) is 5.62. The van der Waals surface area contributed by atoms with Gasteiger partial charge in [0, 0.05) is 52.9 Å². The summed E-state index contributed by atoms with van der Waals surface area (Å²) in [4.78, 5) is 20.8. The highest BCUT2D eigenvalue weighted by Crippen LogP contribution is 2.41. The summed E-state index contributed by atoms with van der Waals surface area (Å²) >= 11 is 0. The first-order valence-electron chi connectivity index (χ1n) is 13.3. The third-order valence-corrected chi connectivity index (χ3v) is 7.38. The molecule has 0 bridgehead atoms. The molecule has 12 heteroatoms. The number of nitrogens with one attached hydrogen (secondary N) is 1. The largest absolute Gasteiger partial charge is 0.573 e. The molecule has 0 amide bonds. The number of alkyl halides is 3. The van der Waals surface area contributed by atoms with Crippen molar-refractivity contribution in [1.29, 1.82) is 0 Å². The number of nitrogens with zero attached hydrogens (tertiary/aromatic N) is 4. The fourth-order valence-electron chi connectivity index (χ4n) is 5.62. The number of halogens is 4. The first kappa shape index (κ1) is 26.1. The second kappa shape index (κ2) is 9.91. The molecule has 4 aromatic heterocycles. The second-order valence-corrected chi connectivity index (χ2v) is 9.99. The minimum absolute atomic E-state index is 0.0494. The molecule has 5 heterocycles. The van der Waals surface area contributed by atoms with Crippen LogP contribution in [0.3, 0.4) is 0 Å². The molecule has 1 saturated heterocycles. The molecule has 2 aromatic carbocycles. The van der Waals surface area contributed by atoms with Crippen LogP contribution >= 0.6 is 0 Å². The summed E-state index contributed by atoms with van der Waals surface area (Å²) in [6.07, 6.45) is 3.44. The van der Waals surface area contributed by atoms with Gasteiger partial charge >= 0.3 is 11.9 Å². The van der Waals surface area contributed by atoms with Gasteiger partial charge in [-0.1, -0.05) is 12.1 Å². The Labute approximate surface area is 234 Å². The number of pyridine rings is 3. The molecule has 212 valence electrons. The van der Waals surface area contributed by atoms with Crippen LogP contribution in [0.25, 0.3) is 49.5 Å². The summed E-state index contributed by atoms with van der Waals surface area (Å²) in [6, 6.07) is 12.3. The quantitative estimate of drug-likeness (QED) is 0.156. The number of rotatable bonds is 4. The molecular formula is C30H22F4N5O3+. The molecule has 6 aromatic rings. The lowest BCUT2D eigenvalue weighted by molar-refractivity contribution is -0.596. The van der Waals surface area contributed by atoms with Gasteiger partial charge in [0.05, 0.1) is 11.1 Å². The third kappa shape index (κ3) is 4.44. The Morgan fingerprint density at radius 2 is 1.86 bits per heavy atom. The maximum Gasteiger partial charge on any atom is 0.573 e. The minimum atomic E-state index is -5.00. The van der Waals surface area contributed by atoms with Crippen LogP contribution in [0.1, 0.15) is 25.5 Å². The van der Waals surface area contributed by atoms with Gasteiger partial charge in [-0.15, -0.1) is 13.2 Å². The lowest BCUT2D eigenvalue weighted by Crippen LogP contribution is -2.37. The topological polar surface area (TPSA) is 85.9 Å². The average Bonchev–Trinajstić information content (AvgIpc) is 3.44. The van der Waals surface area contributed by atoms with Crippen molar-refractivity contribution in [3.05, 3.63) is 89.5 Å². The van der Waals surface area contributed by atoms with Crippen molar-refractivity contribution in [3.8, 4) is 22.6 Å². The molecule has 0 saturated carbocycles. The molecule has 1 aliphatic heterocycles. The van der Waals surface area contributed by atoms with Crippen LogP contribution in [0.15, 0.2) is 78.1 Å². The Morgan fingerprint density at radius 1 is 1.02 bits per heavy atom. The van der Waals surface area contributed by atoms with E-state index in [-0.39, 0.29) is 44.8 Å². The summed E-state index contributed by atoms with van der Waals surface area (Å²) in [7, 11) is 0. The molecule has 0 radical (unpaired) electrons. The molecular weight excluding hydrogens is 554 g/mol. The number of hydrogen-bond donors (Lipinski definition) is 1. The van der Waals surface area contributed by atoms with E-state index in [0.29, 0.717) is 24.0 Å². The summed E-state index contributed by atoms with van der Waals surface area (Å²) < 4.78 is 69.3. The maximum atomic E-state index is 15.2. The SMILES string of the molecule is O=c1[nH]c2c(cc(OC(F)(F)F)c3ncccc32)c(-c2ccc(F)c3nn(C4CCCCO4)cc23)c1-[n+]1ccccc1. The predicted molar refractivity (Wildman–Crippen MR) is 146 cm³/mol. The molecule has 0 spiro atoms. The highest BCUT2D eigenvalue weighted by atomic mass is 19.4. The number of fused-ring (bicyclic) bond motifs is 4. The average molecular weight is 577 g/mol. The van der Waals surface area contributed by atoms with Crippen LogP contribution < -0.4 is 14.9 Å². The number of ether oxygens (including phenoxy) is 2. The maximum absolute atomic E-state index is 15.2. The number of H-pyrrole nitrogens is 1. The van der Waals surface area contributed by atoms with Crippen molar-refractivity contribution in [3.63, 3.8) is 0 Å². The van der Waals surface area contributed by atoms with Gasteiger partial charge in [0.2, 0.25) is 0 Å². The zero-order valence-corrected chi connectivity index (χ0v) is 21.9. The summed E-state index contributed by atoms with van der Waals surface area (Å²) in [6.45, 7) is 0.548. The van der Waals surface area contributed by atoms with Gasteiger partial charge in [-0.25, -0.2) is 9.07 Å². The van der Waals surface area contributed by atoms with Crippen LogP contribution in [0.4, 0.5) is 17.6 Å². The second-order valence-electron chi connectivity index (χ2n) is 9.99. The van der Waals surface area contributed by atoms with Gasteiger partial charge in [0.1, 0.15) is 17.3 Å². The third-order valence-electron chi connectivity index (χ3n) is 7.38. The van der Waals surface area contributed by atoms with Crippen LogP contribution in [0.2, 0.25) is 0 Å². The lowest BCUT2D eigenvalue weighted by atomic mass is 9.94. The summed E-state index contributed by atoms with van der Waals surface area (Å²) in [5.41, 5.74) is 0.522. The molecule has 0 aliphatic carbocycles. The zero-order valence-electron chi connectivity index (χ0n) is 21.9. The van der Waals surface area contributed by atoms with Crippen LogP contribution in [0, 0.1) is 5.82 Å². The number of hydrogen-bond acceptors (Lipinski definition) is 5. The van der Waals surface area contributed by atoms with Gasteiger partial charge in [0.15, 0.2) is 24.0 Å². The van der Waals surface area contributed by atoms with Gasteiger partial charge in [-0.2, -0.15) is 9.67 Å². The normalized spacial score (nSPS) is 16.0. The Balaban J connectivity index is 1.62. The molecule has 1 atom stereocenters. The molecule has 42 heavy (non-hydrogen) atoms. The molecule has 1 aliphatic rings. The molecule has 1 unspecified atom stereocenters. The van der Waals surface area contributed by atoms with Crippen molar-refractivity contribution in [2.24, 2.45) is 0 Å². The van der Waals surface area contributed by atoms with Crippen molar-refractivity contribution >= 4 is 32.7 Å². The molecule has 1 N–H and O–H groups in total. The Morgan fingerprint density at radius 3 is 2.62 bits per heavy atom. The first-order chi connectivity index (χ1) is 20.3. The van der Waals surface area contributed by atoms with E-state index >= 15 is 4.39 Å². The van der Waals surface area contributed by atoms with E-state index < -0.39 is 23.5 Å². The Bertz CT molecular complexity index is 2030. The molecule has 7 rings (SSSR count). The standard InChI is InChI=1S/C30H21F4N5O3/c31-21-10-9-17(20-16-39(37-26(20)21)23-8-2-5-14-41-23)24-19-15-22(42-30(32,33)34)27-18(7-6-11-35-27)25(19)36-29(40)28(24)38-12-3-1-4-13-38/h1,3-4,6-7,9-13,15-16,23H,2,5,8,14H2/p+1. The smallest absolute Gasteiger partial charge is 0.403 e. The van der Waals surface area contributed by atoms with Gasteiger partial charge < -0.3 is 14.5 Å². The molecule has 8 nitrogen and oxygen atoms in total. The van der Waals surface area contributed by atoms with E-state index in [1.165, 1.54) is 24.4 Å². The molecule has 1 fully saturated rings. The van der Waals surface area contributed by atoms with E-state index in [1.807, 2.05) is 0 Å². The Hall–Kier alpha value is -4.84.